The van der Waals surface area contributed by atoms with Gasteiger partial charge in [-0.3, -0.25) is 18.7 Å². The summed E-state index contributed by atoms with van der Waals surface area (Å²) in [4.78, 5) is 43.0. The molecule has 1 aliphatic carbocycles. The Morgan fingerprint density at radius 2 is 1.80 bits per heavy atom. The van der Waals surface area contributed by atoms with Crippen LogP contribution in [0.25, 0.3) is 11.0 Å². The summed E-state index contributed by atoms with van der Waals surface area (Å²) in [6.07, 6.45) is 1.39. The Morgan fingerprint density at radius 1 is 1.17 bits per heavy atom. The highest BCUT2D eigenvalue weighted by molar-refractivity contribution is 7.99. The van der Waals surface area contributed by atoms with E-state index in [0.29, 0.717) is 25.7 Å². The topological polar surface area (TPSA) is 106 Å². The van der Waals surface area contributed by atoms with Gasteiger partial charge in [0, 0.05) is 18.1 Å². The van der Waals surface area contributed by atoms with Crippen LogP contribution in [0.2, 0.25) is 0 Å². The molecule has 2 aliphatic rings. The minimum absolute atomic E-state index is 0.0352. The Kier molecular flexibility index (Phi) is 7.41. The molecule has 1 amide bonds. The monoisotopic (exact) mass is 512 g/mol. The number of thioether (sulfide) groups is 1. The molecule has 2 N–H and O–H groups in total. The Morgan fingerprint density at radius 3 is 2.43 bits per heavy atom. The molecular formula is C23H27F3N4O4S. The van der Waals surface area contributed by atoms with Crippen LogP contribution in [0, 0.1) is 5.82 Å². The molecule has 2 aromatic heterocycles. The molecule has 1 aliphatic heterocycles. The summed E-state index contributed by atoms with van der Waals surface area (Å²) in [5.74, 6) is -3.92. The molecule has 0 aromatic carbocycles. The molecule has 1 saturated heterocycles. The van der Waals surface area contributed by atoms with E-state index in [4.69, 9.17) is 0 Å². The van der Waals surface area contributed by atoms with Crippen molar-refractivity contribution in [2.45, 2.75) is 68.7 Å². The summed E-state index contributed by atoms with van der Waals surface area (Å²) in [5.41, 5.74) is -0.938. The molecule has 0 radical (unpaired) electrons. The minimum Gasteiger partial charge on any atom is -0.378 e. The third-order valence-corrected chi connectivity index (χ3v) is 7.82. The van der Waals surface area contributed by atoms with Gasteiger partial charge in [-0.05, 0) is 62.2 Å². The van der Waals surface area contributed by atoms with Gasteiger partial charge in [0.15, 0.2) is 0 Å². The SMILES string of the molecule is C=CC(F)(F)C(O)C(=O)NC1CCC(n2c(=O)c3cc(F)cnc3n(C3CCSCC3)c2=O)CC1. The lowest BCUT2D eigenvalue weighted by Gasteiger charge is -2.32. The number of carbonyl (C=O) groups is 1. The summed E-state index contributed by atoms with van der Waals surface area (Å²) in [5, 5.41) is 12.0. The van der Waals surface area contributed by atoms with Crippen LogP contribution < -0.4 is 16.6 Å². The number of aliphatic hydroxyl groups is 1. The molecule has 1 unspecified atom stereocenters. The van der Waals surface area contributed by atoms with E-state index < -0.39 is 47.1 Å². The molecule has 0 spiro atoms. The molecule has 1 atom stereocenters. The van der Waals surface area contributed by atoms with Crippen LogP contribution in [-0.2, 0) is 4.79 Å². The van der Waals surface area contributed by atoms with E-state index in [9.17, 15) is 32.7 Å². The third kappa shape index (κ3) is 5.04. The highest BCUT2D eigenvalue weighted by atomic mass is 32.2. The van der Waals surface area contributed by atoms with Crippen molar-refractivity contribution in [3.8, 4) is 0 Å². The van der Waals surface area contributed by atoms with Crippen LogP contribution in [0.1, 0.15) is 50.6 Å². The number of carbonyl (C=O) groups excluding carboxylic acids is 1. The normalized spacial score (nSPS) is 22.6. The van der Waals surface area contributed by atoms with Gasteiger partial charge in [0.25, 0.3) is 11.5 Å². The van der Waals surface area contributed by atoms with E-state index >= 15 is 0 Å². The standard InChI is InChI=1S/C23H27F3N4O4S/c1-2-23(25,26)18(31)20(32)28-14-3-5-15(6-4-14)30-21(33)17-11-13(24)12-27-19(17)29(22(30)34)16-7-9-35-10-8-16/h2,11-12,14-16,18,31H,1,3-10H2,(H,28,32). The Labute approximate surface area is 203 Å². The Bertz CT molecular complexity index is 1230. The van der Waals surface area contributed by atoms with Crippen molar-refractivity contribution >= 4 is 28.7 Å². The molecule has 35 heavy (non-hydrogen) atoms. The molecule has 0 bridgehead atoms. The highest BCUT2D eigenvalue weighted by Crippen LogP contribution is 2.30. The number of alkyl halides is 2. The molecule has 3 heterocycles. The van der Waals surface area contributed by atoms with E-state index in [2.05, 4.69) is 16.9 Å². The van der Waals surface area contributed by atoms with Gasteiger partial charge in [-0.25, -0.2) is 14.2 Å². The number of fused-ring (bicyclic) bond motifs is 1. The fraction of sp³-hybridized carbons (Fsp3) is 0.565. The maximum atomic E-state index is 14.0. The van der Waals surface area contributed by atoms with Crippen molar-refractivity contribution in [1.82, 2.24) is 19.4 Å². The number of nitrogens with zero attached hydrogens (tertiary/aromatic N) is 3. The van der Waals surface area contributed by atoms with Crippen LogP contribution in [0.5, 0.6) is 0 Å². The van der Waals surface area contributed by atoms with Crippen LogP contribution >= 0.6 is 11.8 Å². The average Bonchev–Trinajstić information content (AvgIpc) is 2.85. The fourth-order valence-corrected chi connectivity index (χ4v) is 5.93. The van der Waals surface area contributed by atoms with E-state index in [1.54, 1.807) is 11.8 Å². The zero-order valence-electron chi connectivity index (χ0n) is 19.0. The van der Waals surface area contributed by atoms with Gasteiger partial charge in [-0.2, -0.15) is 20.5 Å². The Hall–Kier alpha value is -2.60. The zero-order valence-corrected chi connectivity index (χ0v) is 19.8. The maximum Gasteiger partial charge on any atom is 0.333 e. The quantitative estimate of drug-likeness (QED) is 0.577. The lowest BCUT2D eigenvalue weighted by Crippen LogP contribution is -2.50. The summed E-state index contributed by atoms with van der Waals surface area (Å²) < 4.78 is 43.7. The number of hydrogen-bond acceptors (Lipinski definition) is 6. The summed E-state index contributed by atoms with van der Waals surface area (Å²) >= 11 is 1.78. The smallest absolute Gasteiger partial charge is 0.333 e. The number of pyridine rings is 1. The van der Waals surface area contributed by atoms with Crippen LogP contribution in [0.3, 0.4) is 0 Å². The van der Waals surface area contributed by atoms with E-state index in [0.717, 1.165) is 41.2 Å². The number of nitrogens with one attached hydrogen (secondary N) is 1. The first-order chi connectivity index (χ1) is 16.6. The van der Waals surface area contributed by atoms with Crippen molar-refractivity contribution in [2.75, 3.05) is 11.5 Å². The molecule has 12 heteroatoms. The van der Waals surface area contributed by atoms with E-state index in [1.807, 2.05) is 0 Å². The van der Waals surface area contributed by atoms with Crippen molar-refractivity contribution in [3.05, 3.63) is 51.6 Å². The zero-order chi connectivity index (χ0) is 25.3. The van der Waals surface area contributed by atoms with Crippen LogP contribution in [0.15, 0.2) is 34.5 Å². The molecule has 190 valence electrons. The Balaban J connectivity index is 1.60. The van der Waals surface area contributed by atoms with Crippen molar-refractivity contribution < 1.29 is 23.1 Å². The predicted octanol–water partition coefficient (Wildman–Crippen LogP) is 2.55. The number of aromatic nitrogens is 3. The maximum absolute atomic E-state index is 14.0. The van der Waals surface area contributed by atoms with Gasteiger partial charge in [0.2, 0.25) is 6.10 Å². The second-order valence-electron chi connectivity index (χ2n) is 8.99. The summed E-state index contributed by atoms with van der Waals surface area (Å²) in [6.45, 7) is 2.93. The number of aliphatic hydroxyl groups excluding tert-OH is 1. The largest absolute Gasteiger partial charge is 0.378 e. The van der Waals surface area contributed by atoms with E-state index in [1.165, 1.54) is 4.57 Å². The van der Waals surface area contributed by atoms with Gasteiger partial charge in [0.1, 0.15) is 11.5 Å². The third-order valence-electron chi connectivity index (χ3n) is 6.77. The fourth-order valence-electron chi connectivity index (χ4n) is 4.84. The first-order valence-electron chi connectivity index (χ1n) is 11.5. The lowest BCUT2D eigenvalue weighted by atomic mass is 9.90. The van der Waals surface area contributed by atoms with E-state index in [-0.39, 0.29) is 23.2 Å². The van der Waals surface area contributed by atoms with Gasteiger partial charge in [-0.15, -0.1) is 0 Å². The molecule has 4 rings (SSSR count). The highest BCUT2D eigenvalue weighted by Gasteiger charge is 2.41. The number of halogens is 3. The second-order valence-corrected chi connectivity index (χ2v) is 10.2. The van der Waals surface area contributed by atoms with Gasteiger partial charge >= 0.3 is 11.6 Å². The first-order valence-corrected chi connectivity index (χ1v) is 12.7. The lowest BCUT2D eigenvalue weighted by molar-refractivity contribution is -0.146. The van der Waals surface area contributed by atoms with Gasteiger partial charge in [0.05, 0.1) is 11.6 Å². The number of amides is 1. The molecular weight excluding hydrogens is 485 g/mol. The van der Waals surface area contributed by atoms with Gasteiger partial charge in [-0.1, -0.05) is 6.58 Å². The minimum atomic E-state index is -3.76. The average molecular weight is 513 g/mol. The molecule has 1 saturated carbocycles. The molecule has 8 nitrogen and oxygen atoms in total. The predicted molar refractivity (Wildman–Crippen MR) is 126 cm³/mol. The molecule has 2 aromatic rings. The van der Waals surface area contributed by atoms with Crippen molar-refractivity contribution in [3.63, 3.8) is 0 Å². The second kappa shape index (κ2) is 10.2. The van der Waals surface area contributed by atoms with Crippen molar-refractivity contribution in [1.29, 1.82) is 0 Å². The number of hydrogen-bond donors (Lipinski definition) is 2. The number of rotatable bonds is 6. The van der Waals surface area contributed by atoms with Crippen LogP contribution in [-0.4, -0.2) is 54.7 Å². The van der Waals surface area contributed by atoms with Gasteiger partial charge < -0.3 is 10.4 Å². The van der Waals surface area contributed by atoms with Crippen LogP contribution in [0.4, 0.5) is 13.2 Å². The summed E-state index contributed by atoms with van der Waals surface area (Å²) in [7, 11) is 0. The summed E-state index contributed by atoms with van der Waals surface area (Å²) in [6, 6.07) is -0.0528. The molecule has 2 fully saturated rings. The van der Waals surface area contributed by atoms with Crippen molar-refractivity contribution in [2.24, 2.45) is 0 Å². The first kappa shape index (κ1) is 25.5.